The minimum Gasteiger partial charge on any atom is -0.504 e. The Morgan fingerprint density at radius 3 is 2.74 bits per heavy atom. The minimum absolute atomic E-state index is 0.201. The molecule has 34 heavy (non-hydrogen) atoms. The Kier molecular flexibility index (Phi) is 4.81. The van der Waals surface area contributed by atoms with Crippen molar-refractivity contribution in [3.05, 3.63) is 59.2 Å². The fourth-order valence-electron chi connectivity index (χ4n) is 7.90. The quantitative estimate of drug-likeness (QED) is 0.611. The van der Waals surface area contributed by atoms with Crippen LogP contribution in [-0.2, 0) is 23.0 Å². The normalized spacial score (nSPS) is 35.6. The van der Waals surface area contributed by atoms with E-state index < -0.39 is 6.10 Å². The molecule has 3 aliphatic carbocycles. The third-order valence-electron chi connectivity index (χ3n) is 9.50. The maximum absolute atomic E-state index is 11.2. The summed E-state index contributed by atoms with van der Waals surface area (Å²) in [4.78, 5) is 2.71. The molecule has 2 aromatic carbocycles. The van der Waals surface area contributed by atoms with E-state index in [1.54, 1.807) is 6.07 Å². The summed E-state index contributed by atoms with van der Waals surface area (Å²) in [6.07, 6.45) is 7.18. The molecule has 0 amide bonds. The van der Waals surface area contributed by atoms with Crippen molar-refractivity contribution < 1.29 is 19.7 Å². The SMILES string of the molecule is Oc1ccc2c3c1O[C@H]1[C@H](O)CCC4(OCCCc5ccccc5)[C@@H](C2)N(CC2CC2)CC[C@]314. The molecule has 5 nitrogen and oxygen atoms in total. The van der Waals surface area contributed by atoms with Crippen LogP contribution in [0.5, 0.6) is 11.5 Å². The van der Waals surface area contributed by atoms with E-state index in [4.69, 9.17) is 9.47 Å². The molecule has 0 radical (unpaired) electrons. The molecule has 1 saturated heterocycles. The predicted molar refractivity (Wildman–Crippen MR) is 129 cm³/mol. The zero-order chi connectivity index (χ0) is 22.9. The monoisotopic (exact) mass is 461 g/mol. The van der Waals surface area contributed by atoms with E-state index >= 15 is 0 Å². The Morgan fingerprint density at radius 2 is 1.91 bits per heavy atom. The molecule has 5 heteroatoms. The first-order chi connectivity index (χ1) is 16.6. The molecule has 1 unspecified atom stereocenters. The van der Waals surface area contributed by atoms with Gasteiger partial charge in [0.05, 0.1) is 17.1 Å². The van der Waals surface area contributed by atoms with Crippen molar-refractivity contribution in [1.82, 2.24) is 4.90 Å². The van der Waals surface area contributed by atoms with Crippen molar-refractivity contribution in [2.45, 2.75) is 80.6 Å². The van der Waals surface area contributed by atoms with Gasteiger partial charge in [-0.25, -0.2) is 0 Å². The standard InChI is InChI=1S/C29H35NO4/c31-22-11-10-21-17-24-29(33-16-4-7-19-5-2-1-3-6-19)13-12-23(32)27-28(29,25(21)26(22)34-27)14-15-30(24)18-20-8-9-20/h1-3,5-6,10-11,20,23-24,27,31-32H,4,7-9,12-18H2/t23-,24-,27+,28+,29?/m1/s1. The zero-order valence-corrected chi connectivity index (χ0v) is 19.8. The van der Waals surface area contributed by atoms with Gasteiger partial charge in [-0.3, -0.25) is 4.90 Å². The lowest BCUT2D eigenvalue weighted by Gasteiger charge is -2.65. The summed E-state index contributed by atoms with van der Waals surface area (Å²) in [5.41, 5.74) is 3.00. The van der Waals surface area contributed by atoms with E-state index in [0.29, 0.717) is 24.8 Å². The van der Waals surface area contributed by atoms with Crippen molar-refractivity contribution in [3.8, 4) is 11.5 Å². The summed E-state index contributed by atoms with van der Waals surface area (Å²) in [5, 5.41) is 21.9. The van der Waals surface area contributed by atoms with Crippen molar-refractivity contribution in [2.75, 3.05) is 19.7 Å². The number of piperidine rings is 1. The van der Waals surface area contributed by atoms with Crippen molar-refractivity contribution >= 4 is 0 Å². The van der Waals surface area contributed by atoms with E-state index in [2.05, 4.69) is 41.3 Å². The van der Waals surface area contributed by atoms with Gasteiger partial charge in [0.2, 0.25) is 0 Å². The summed E-state index contributed by atoms with van der Waals surface area (Å²) in [5.74, 6) is 1.63. The van der Waals surface area contributed by atoms with Crippen LogP contribution in [0, 0.1) is 5.92 Å². The average Bonchev–Trinajstić information content (AvgIpc) is 3.59. The number of aliphatic hydroxyl groups is 1. The van der Waals surface area contributed by atoms with Gasteiger partial charge in [-0.15, -0.1) is 0 Å². The second-order valence-electron chi connectivity index (χ2n) is 11.3. The number of aryl methyl sites for hydroxylation is 1. The fourth-order valence-corrected chi connectivity index (χ4v) is 7.90. The highest BCUT2D eigenvalue weighted by molar-refractivity contribution is 5.62. The van der Waals surface area contributed by atoms with E-state index in [1.807, 2.05) is 0 Å². The first-order valence-corrected chi connectivity index (χ1v) is 13.2. The number of likely N-dealkylation sites (tertiary alicyclic amines) is 1. The topological polar surface area (TPSA) is 62.2 Å². The maximum Gasteiger partial charge on any atom is 0.165 e. The molecule has 2 saturated carbocycles. The summed E-state index contributed by atoms with van der Waals surface area (Å²) in [6.45, 7) is 2.87. The second kappa shape index (κ2) is 7.71. The van der Waals surface area contributed by atoms with Crippen molar-refractivity contribution in [1.29, 1.82) is 0 Å². The van der Waals surface area contributed by atoms with Crippen LogP contribution in [0.4, 0.5) is 0 Å². The van der Waals surface area contributed by atoms with Crippen LogP contribution < -0.4 is 4.74 Å². The number of phenolic OH excluding ortho intramolecular Hbond substituents is 1. The highest BCUT2D eigenvalue weighted by atomic mass is 16.5. The predicted octanol–water partition coefficient (Wildman–Crippen LogP) is 3.97. The Morgan fingerprint density at radius 1 is 1.06 bits per heavy atom. The minimum atomic E-state index is -0.533. The van der Waals surface area contributed by atoms with E-state index in [1.165, 1.54) is 24.0 Å². The van der Waals surface area contributed by atoms with Gasteiger partial charge in [0, 0.05) is 24.8 Å². The van der Waals surface area contributed by atoms with E-state index in [0.717, 1.165) is 56.7 Å². The molecular weight excluding hydrogens is 426 g/mol. The zero-order valence-electron chi connectivity index (χ0n) is 19.8. The molecule has 2 aromatic rings. The smallest absolute Gasteiger partial charge is 0.165 e. The van der Waals surface area contributed by atoms with Crippen molar-refractivity contribution in [3.63, 3.8) is 0 Å². The first-order valence-electron chi connectivity index (χ1n) is 13.2. The Balaban J connectivity index is 1.28. The van der Waals surface area contributed by atoms with Gasteiger partial charge in [0.25, 0.3) is 0 Å². The van der Waals surface area contributed by atoms with Gasteiger partial charge in [-0.2, -0.15) is 0 Å². The average molecular weight is 462 g/mol. The van der Waals surface area contributed by atoms with Gasteiger partial charge in [-0.1, -0.05) is 36.4 Å². The van der Waals surface area contributed by atoms with Crippen LogP contribution in [0.15, 0.2) is 42.5 Å². The maximum atomic E-state index is 11.2. The molecule has 2 heterocycles. The molecule has 3 fully saturated rings. The molecular formula is C29H35NO4. The number of ether oxygens (including phenoxy) is 2. The number of phenols is 1. The lowest BCUT2D eigenvalue weighted by Crippen LogP contribution is -2.78. The van der Waals surface area contributed by atoms with Gasteiger partial charge in [0.15, 0.2) is 11.5 Å². The van der Waals surface area contributed by atoms with Crippen LogP contribution in [0.25, 0.3) is 0 Å². The molecule has 1 spiro atoms. The highest BCUT2D eigenvalue weighted by Gasteiger charge is 2.74. The van der Waals surface area contributed by atoms with Gasteiger partial charge in [0.1, 0.15) is 6.10 Å². The third-order valence-corrected chi connectivity index (χ3v) is 9.50. The molecule has 2 aliphatic heterocycles. The highest BCUT2D eigenvalue weighted by Crippen LogP contribution is 2.66. The van der Waals surface area contributed by atoms with Gasteiger partial charge in [-0.05, 0) is 81.0 Å². The van der Waals surface area contributed by atoms with Crippen LogP contribution in [0.2, 0.25) is 0 Å². The summed E-state index contributed by atoms with van der Waals surface area (Å²) in [7, 11) is 0. The molecule has 5 atom stereocenters. The number of benzene rings is 2. The Hall–Kier alpha value is -2.08. The Labute approximate surface area is 201 Å². The number of rotatable bonds is 7. The molecule has 0 aromatic heterocycles. The lowest BCUT2D eigenvalue weighted by molar-refractivity contribution is -0.233. The molecule has 7 rings (SSSR count). The Bertz CT molecular complexity index is 1090. The van der Waals surface area contributed by atoms with E-state index in [9.17, 15) is 10.2 Å². The van der Waals surface area contributed by atoms with Gasteiger partial charge < -0.3 is 19.7 Å². The first kappa shape index (κ1) is 21.2. The lowest BCUT2D eigenvalue weighted by atomic mass is 9.48. The molecule has 2 bridgehead atoms. The molecule has 180 valence electrons. The van der Waals surface area contributed by atoms with Gasteiger partial charge >= 0.3 is 0 Å². The number of hydrogen-bond donors (Lipinski definition) is 2. The molecule has 5 aliphatic rings. The summed E-state index contributed by atoms with van der Waals surface area (Å²) < 4.78 is 13.6. The van der Waals surface area contributed by atoms with Crippen LogP contribution in [0.1, 0.15) is 55.2 Å². The van der Waals surface area contributed by atoms with Crippen molar-refractivity contribution in [2.24, 2.45) is 5.92 Å². The number of aliphatic hydroxyl groups excluding tert-OH is 1. The number of hydrogen-bond acceptors (Lipinski definition) is 5. The third kappa shape index (κ3) is 2.90. The fraction of sp³-hybridized carbons (Fsp3) is 0.586. The second-order valence-corrected chi connectivity index (χ2v) is 11.3. The molecule has 2 N–H and O–H groups in total. The summed E-state index contributed by atoms with van der Waals surface area (Å²) >= 11 is 0. The largest absolute Gasteiger partial charge is 0.504 e. The van der Waals surface area contributed by atoms with Crippen LogP contribution in [-0.4, -0.2) is 58.7 Å². The van der Waals surface area contributed by atoms with E-state index in [-0.39, 0.29) is 22.9 Å². The number of aromatic hydroxyl groups is 1. The van der Waals surface area contributed by atoms with Crippen LogP contribution in [0.3, 0.4) is 0 Å². The van der Waals surface area contributed by atoms with Crippen LogP contribution >= 0.6 is 0 Å². The number of nitrogens with zero attached hydrogens (tertiary/aromatic N) is 1. The summed E-state index contributed by atoms with van der Waals surface area (Å²) in [6, 6.07) is 14.8.